The van der Waals surface area contributed by atoms with E-state index in [1.54, 1.807) is 5.92 Å². The first kappa shape index (κ1) is 13.0. The second kappa shape index (κ2) is 6.43. The Balaban J connectivity index is 4.46. The van der Waals surface area contributed by atoms with E-state index in [0.717, 1.165) is 4.90 Å². The van der Waals surface area contributed by atoms with Crippen LogP contribution in [-0.2, 0) is 23.9 Å². The minimum Gasteiger partial charge on any atom is -0.468 e. The van der Waals surface area contributed by atoms with E-state index in [0.29, 0.717) is 0 Å². The largest absolute Gasteiger partial charge is 0.468 e. The molecule has 0 aromatic carbocycles. The Kier molecular flexibility index (Phi) is 5.56. The van der Waals surface area contributed by atoms with Crippen LogP contribution in [0.2, 0.25) is 0 Å². The van der Waals surface area contributed by atoms with Gasteiger partial charge in [-0.15, -0.1) is 6.42 Å². The average molecular weight is 213 g/mol. The van der Waals surface area contributed by atoms with E-state index in [2.05, 4.69) is 9.47 Å². The van der Waals surface area contributed by atoms with Gasteiger partial charge in [-0.05, 0) is 5.92 Å². The van der Waals surface area contributed by atoms with Crippen molar-refractivity contribution < 1.29 is 23.9 Å². The maximum absolute atomic E-state index is 11.1. The fraction of sp³-hybridized carbons (Fsp3) is 0.444. The first-order valence-corrected chi connectivity index (χ1v) is 3.94. The van der Waals surface area contributed by atoms with Crippen LogP contribution >= 0.6 is 0 Å². The summed E-state index contributed by atoms with van der Waals surface area (Å²) in [5.41, 5.74) is 0. The molecule has 0 aromatic heterocycles. The van der Waals surface area contributed by atoms with Gasteiger partial charge in [-0.2, -0.15) is 0 Å². The molecule has 0 saturated carbocycles. The smallest absolute Gasteiger partial charge is 0.325 e. The maximum Gasteiger partial charge on any atom is 0.325 e. The average Bonchev–Trinajstić information content (AvgIpc) is 2.26. The monoisotopic (exact) mass is 213 g/mol. The Labute approximate surface area is 87.1 Å². The Morgan fingerprint density at radius 3 is 1.80 bits per heavy atom. The lowest BCUT2D eigenvalue weighted by atomic mass is 10.4. The number of nitrogens with zero attached hydrogens (tertiary/aromatic N) is 1. The van der Waals surface area contributed by atoms with Crippen LogP contribution in [0.25, 0.3) is 0 Å². The molecule has 0 bridgehead atoms. The molecular weight excluding hydrogens is 202 g/mol. The second-order valence-electron chi connectivity index (χ2n) is 2.46. The van der Waals surface area contributed by atoms with Gasteiger partial charge in [0.25, 0.3) is 5.91 Å². The first-order chi connectivity index (χ1) is 7.04. The van der Waals surface area contributed by atoms with Crippen molar-refractivity contribution in [3.05, 3.63) is 0 Å². The van der Waals surface area contributed by atoms with Crippen molar-refractivity contribution >= 4 is 17.8 Å². The number of amides is 1. The molecule has 1 amide bonds. The normalized spacial score (nSPS) is 8.60. The molecule has 82 valence electrons. The minimum atomic E-state index is -0.772. The molecule has 0 unspecified atom stereocenters. The number of hydrogen-bond acceptors (Lipinski definition) is 5. The van der Waals surface area contributed by atoms with Gasteiger partial charge < -0.3 is 14.4 Å². The number of rotatable bonds is 4. The van der Waals surface area contributed by atoms with E-state index in [1.807, 2.05) is 0 Å². The van der Waals surface area contributed by atoms with Crippen LogP contribution in [0, 0.1) is 12.3 Å². The van der Waals surface area contributed by atoms with Gasteiger partial charge in [-0.1, -0.05) is 0 Å². The van der Waals surface area contributed by atoms with E-state index in [1.165, 1.54) is 14.2 Å². The Morgan fingerprint density at radius 2 is 1.53 bits per heavy atom. The number of ether oxygens (including phenoxy) is 2. The molecule has 6 nitrogen and oxygen atoms in total. The van der Waals surface area contributed by atoms with Gasteiger partial charge in [0.15, 0.2) is 0 Å². The van der Waals surface area contributed by atoms with Crippen LogP contribution in [-0.4, -0.2) is 50.1 Å². The minimum absolute atomic E-state index is 0.380. The molecule has 0 aromatic rings. The van der Waals surface area contributed by atoms with E-state index in [9.17, 15) is 14.4 Å². The van der Waals surface area contributed by atoms with E-state index in [4.69, 9.17) is 6.42 Å². The van der Waals surface area contributed by atoms with Gasteiger partial charge >= 0.3 is 11.9 Å². The molecule has 0 spiro atoms. The van der Waals surface area contributed by atoms with Crippen molar-refractivity contribution in [2.45, 2.75) is 0 Å². The molecule has 0 aliphatic heterocycles. The van der Waals surface area contributed by atoms with Crippen LogP contribution in [0.1, 0.15) is 0 Å². The van der Waals surface area contributed by atoms with Crippen molar-refractivity contribution in [2.75, 3.05) is 27.3 Å². The van der Waals surface area contributed by atoms with Crippen LogP contribution in [0.15, 0.2) is 0 Å². The Bertz CT molecular complexity index is 286. The van der Waals surface area contributed by atoms with Crippen LogP contribution < -0.4 is 0 Å². The predicted molar refractivity (Wildman–Crippen MR) is 49.4 cm³/mol. The van der Waals surface area contributed by atoms with Crippen molar-refractivity contribution in [2.24, 2.45) is 0 Å². The fourth-order valence-corrected chi connectivity index (χ4v) is 0.732. The lowest BCUT2D eigenvalue weighted by molar-refractivity contribution is -0.150. The SMILES string of the molecule is C#CC(=O)N(CC(=O)OC)CC(=O)OC. The Hall–Kier alpha value is -2.03. The highest BCUT2D eigenvalue weighted by Crippen LogP contribution is 1.92. The summed E-state index contributed by atoms with van der Waals surface area (Å²) in [5, 5.41) is 0. The standard InChI is InChI=1S/C9H11NO5/c1-4-7(11)10(5-8(12)14-2)6-9(13)15-3/h1H,5-6H2,2-3H3. The van der Waals surface area contributed by atoms with Gasteiger partial charge in [-0.25, -0.2) is 0 Å². The summed E-state index contributed by atoms with van der Waals surface area (Å²) in [6.07, 6.45) is 4.86. The van der Waals surface area contributed by atoms with E-state index >= 15 is 0 Å². The topological polar surface area (TPSA) is 72.9 Å². The highest BCUT2D eigenvalue weighted by molar-refractivity contribution is 5.96. The zero-order chi connectivity index (χ0) is 11.8. The summed E-state index contributed by atoms with van der Waals surface area (Å²) < 4.78 is 8.67. The molecule has 0 aliphatic carbocycles. The van der Waals surface area contributed by atoms with Gasteiger partial charge in [-0.3, -0.25) is 14.4 Å². The van der Waals surface area contributed by atoms with Crippen molar-refractivity contribution in [3.63, 3.8) is 0 Å². The second-order valence-corrected chi connectivity index (χ2v) is 2.46. The molecule has 0 rings (SSSR count). The third kappa shape index (κ3) is 4.67. The Morgan fingerprint density at radius 1 is 1.13 bits per heavy atom. The molecular formula is C9H11NO5. The predicted octanol–water partition coefficient (Wildman–Crippen LogP) is -1.21. The molecule has 0 heterocycles. The van der Waals surface area contributed by atoms with Crippen molar-refractivity contribution in [1.29, 1.82) is 0 Å². The summed E-state index contributed by atoms with van der Waals surface area (Å²) in [6.45, 7) is -0.761. The van der Waals surface area contributed by atoms with Gasteiger partial charge in [0.2, 0.25) is 0 Å². The van der Waals surface area contributed by atoms with Gasteiger partial charge in [0.05, 0.1) is 14.2 Å². The molecule has 6 heteroatoms. The third-order valence-electron chi connectivity index (χ3n) is 1.51. The molecule has 0 aliphatic rings. The number of esters is 2. The summed E-state index contributed by atoms with van der Waals surface area (Å²) in [7, 11) is 2.33. The third-order valence-corrected chi connectivity index (χ3v) is 1.51. The first-order valence-electron chi connectivity index (χ1n) is 3.94. The quantitative estimate of drug-likeness (QED) is 0.433. The van der Waals surface area contributed by atoms with Gasteiger partial charge in [0, 0.05) is 0 Å². The van der Waals surface area contributed by atoms with Gasteiger partial charge in [0.1, 0.15) is 13.1 Å². The van der Waals surface area contributed by atoms with E-state index < -0.39 is 17.8 Å². The number of carbonyl (C=O) groups excluding carboxylic acids is 3. The summed E-state index contributed by atoms with van der Waals surface area (Å²) >= 11 is 0. The fourth-order valence-electron chi connectivity index (χ4n) is 0.732. The molecule has 0 atom stereocenters. The van der Waals surface area contributed by atoms with E-state index in [-0.39, 0.29) is 13.1 Å². The summed E-state index contributed by atoms with van der Waals surface area (Å²) in [6, 6.07) is 0. The molecule has 15 heavy (non-hydrogen) atoms. The molecule has 0 fully saturated rings. The number of methoxy groups -OCH3 is 2. The maximum atomic E-state index is 11.1. The number of terminal acetylenes is 1. The molecule has 0 saturated heterocycles. The number of hydrogen-bond donors (Lipinski definition) is 0. The lowest BCUT2D eigenvalue weighted by Gasteiger charge is -2.16. The number of carbonyl (C=O) groups is 3. The molecule has 0 radical (unpaired) electrons. The summed E-state index contributed by atoms with van der Waals surface area (Å²) in [5.74, 6) is -0.306. The summed E-state index contributed by atoms with van der Waals surface area (Å²) in [4.78, 5) is 33.7. The van der Waals surface area contributed by atoms with Crippen molar-refractivity contribution in [1.82, 2.24) is 4.90 Å². The molecule has 0 N–H and O–H groups in total. The zero-order valence-electron chi connectivity index (χ0n) is 8.48. The highest BCUT2D eigenvalue weighted by Gasteiger charge is 2.19. The highest BCUT2D eigenvalue weighted by atomic mass is 16.5. The lowest BCUT2D eigenvalue weighted by Crippen LogP contribution is -2.39. The van der Waals surface area contributed by atoms with Crippen LogP contribution in [0.3, 0.4) is 0 Å². The van der Waals surface area contributed by atoms with Crippen LogP contribution in [0.5, 0.6) is 0 Å². The zero-order valence-corrected chi connectivity index (χ0v) is 8.48. The van der Waals surface area contributed by atoms with Crippen molar-refractivity contribution in [3.8, 4) is 12.3 Å². The van der Waals surface area contributed by atoms with Crippen LogP contribution in [0.4, 0.5) is 0 Å².